The second-order valence-electron chi connectivity index (χ2n) is 8.04. The summed E-state index contributed by atoms with van der Waals surface area (Å²) < 4.78 is 44.0. The Morgan fingerprint density at radius 3 is 2.47 bits per heavy atom. The summed E-state index contributed by atoms with van der Waals surface area (Å²) in [7, 11) is 0. The average Bonchev–Trinajstić information content (AvgIpc) is 3.31. The van der Waals surface area contributed by atoms with Crippen LogP contribution in [0.5, 0.6) is 5.75 Å². The van der Waals surface area contributed by atoms with Crippen LogP contribution in [0, 0.1) is 0 Å². The number of primary amides is 1. The van der Waals surface area contributed by atoms with Crippen LogP contribution in [0.4, 0.5) is 13.2 Å². The maximum absolute atomic E-state index is 13.0. The van der Waals surface area contributed by atoms with Crippen LogP contribution in [-0.2, 0) is 20.8 Å². The van der Waals surface area contributed by atoms with Gasteiger partial charge in [-0.05, 0) is 30.0 Å². The number of nitrogens with zero attached hydrogens (tertiary/aromatic N) is 3. The monoisotopic (exact) mass is 498 g/mol. The van der Waals surface area contributed by atoms with Crippen LogP contribution < -0.4 is 10.5 Å². The van der Waals surface area contributed by atoms with Crippen molar-refractivity contribution in [2.75, 3.05) is 0 Å². The number of Topliss-reactive ketones (excluding diaryl/α,β-unsaturated/α-hetero) is 2. The van der Waals surface area contributed by atoms with Crippen LogP contribution in [0.1, 0.15) is 18.2 Å². The normalized spacial score (nSPS) is 16.6. The van der Waals surface area contributed by atoms with Crippen LogP contribution in [0.3, 0.4) is 0 Å². The quantitative estimate of drug-likeness (QED) is 0.477. The van der Waals surface area contributed by atoms with Crippen molar-refractivity contribution in [2.45, 2.75) is 31.4 Å². The summed E-state index contributed by atoms with van der Waals surface area (Å²) in [5.74, 6) is -2.82. The van der Waals surface area contributed by atoms with Crippen LogP contribution in [0.25, 0.3) is 11.3 Å². The Morgan fingerprint density at radius 2 is 1.78 bits per heavy atom. The molecule has 1 aromatic heterocycles. The average molecular weight is 498 g/mol. The fourth-order valence-corrected chi connectivity index (χ4v) is 4.05. The summed E-state index contributed by atoms with van der Waals surface area (Å²) in [6, 6.07) is 14.7. The third kappa shape index (κ3) is 5.45. The number of benzene rings is 2. The second kappa shape index (κ2) is 10.1. The van der Waals surface area contributed by atoms with Gasteiger partial charge >= 0.3 is 6.36 Å². The molecule has 186 valence electrons. The zero-order valence-electron chi connectivity index (χ0n) is 18.8. The van der Waals surface area contributed by atoms with E-state index in [0.29, 0.717) is 0 Å². The van der Waals surface area contributed by atoms with E-state index in [4.69, 9.17) is 5.73 Å². The molecule has 1 aliphatic heterocycles. The number of amides is 1. The Kier molecular flexibility index (Phi) is 6.91. The summed E-state index contributed by atoms with van der Waals surface area (Å²) in [6.45, 7) is 0. The molecule has 0 saturated heterocycles. The standard InChI is InChI=1S/C25H21F3N4O4/c26-25(27,28)36-21-11-5-4-9-17(21)18-12-14-32(30-18)24-20(33)10-6-13-31(24)19(22(34)23(29)35)15-16-7-2-1-3-8-16/h1-9,11-14,19,24H,10,15H2,(H2,29,35). The third-order valence-corrected chi connectivity index (χ3v) is 5.59. The Balaban J connectivity index is 1.71. The van der Waals surface area contributed by atoms with Gasteiger partial charge in [0.1, 0.15) is 11.8 Å². The molecule has 3 aromatic rings. The van der Waals surface area contributed by atoms with E-state index in [9.17, 15) is 27.6 Å². The minimum absolute atomic E-state index is 0.0347. The van der Waals surface area contributed by atoms with Gasteiger partial charge in [-0.15, -0.1) is 13.2 Å². The zero-order valence-corrected chi connectivity index (χ0v) is 18.8. The molecule has 0 saturated carbocycles. The van der Waals surface area contributed by atoms with Crippen LogP contribution in [0.15, 0.2) is 79.1 Å². The lowest BCUT2D eigenvalue weighted by atomic mass is 9.98. The first-order chi connectivity index (χ1) is 17.1. The molecule has 2 N–H and O–H groups in total. The van der Waals surface area contributed by atoms with Crippen molar-refractivity contribution in [2.24, 2.45) is 5.73 Å². The van der Waals surface area contributed by atoms with E-state index in [1.54, 1.807) is 36.4 Å². The molecular weight excluding hydrogens is 477 g/mol. The van der Waals surface area contributed by atoms with Gasteiger partial charge in [-0.1, -0.05) is 48.5 Å². The number of halogens is 3. The number of para-hydroxylation sites is 1. The fourth-order valence-electron chi connectivity index (χ4n) is 4.05. The molecule has 0 bridgehead atoms. The number of alkyl halides is 3. The number of allylic oxidation sites excluding steroid dienone is 1. The van der Waals surface area contributed by atoms with Gasteiger partial charge in [0.25, 0.3) is 5.91 Å². The highest BCUT2D eigenvalue weighted by molar-refractivity contribution is 6.37. The largest absolute Gasteiger partial charge is 0.573 e. The first kappa shape index (κ1) is 24.7. The number of hydrogen-bond donors (Lipinski definition) is 1. The van der Waals surface area contributed by atoms with Gasteiger partial charge in [-0.25, -0.2) is 4.68 Å². The SMILES string of the molecule is NC(=O)C(=O)C(Cc1ccccc1)N1C=CCC(=O)C1n1ccc(-c2ccccc2OC(F)(F)F)n1. The lowest BCUT2D eigenvalue weighted by molar-refractivity contribution is -0.274. The van der Waals surface area contributed by atoms with Gasteiger partial charge in [0.15, 0.2) is 11.9 Å². The molecule has 2 heterocycles. The summed E-state index contributed by atoms with van der Waals surface area (Å²) in [5, 5.41) is 4.33. The van der Waals surface area contributed by atoms with Gasteiger partial charge < -0.3 is 15.4 Å². The van der Waals surface area contributed by atoms with E-state index in [2.05, 4.69) is 9.84 Å². The molecule has 1 aliphatic rings. The zero-order chi connectivity index (χ0) is 25.9. The predicted octanol–water partition coefficient (Wildman–Crippen LogP) is 3.40. The third-order valence-electron chi connectivity index (χ3n) is 5.59. The van der Waals surface area contributed by atoms with Crippen molar-refractivity contribution >= 4 is 17.5 Å². The Labute approximate surface area is 203 Å². The van der Waals surface area contributed by atoms with Gasteiger partial charge in [-0.3, -0.25) is 14.4 Å². The number of carbonyl (C=O) groups excluding carboxylic acids is 3. The van der Waals surface area contributed by atoms with E-state index in [1.165, 1.54) is 46.2 Å². The molecule has 0 spiro atoms. The summed E-state index contributed by atoms with van der Waals surface area (Å²) >= 11 is 0. The van der Waals surface area contributed by atoms with Gasteiger partial charge in [0.2, 0.25) is 5.78 Å². The first-order valence-electron chi connectivity index (χ1n) is 10.9. The number of hydrogen-bond acceptors (Lipinski definition) is 6. The van der Waals surface area contributed by atoms with E-state index in [-0.39, 0.29) is 29.9 Å². The Hall–Kier alpha value is -4.41. The van der Waals surface area contributed by atoms with E-state index < -0.39 is 36.0 Å². The molecule has 2 aromatic carbocycles. The number of ether oxygens (including phenoxy) is 1. The maximum Gasteiger partial charge on any atom is 0.573 e. The minimum Gasteiger partial charge on any atom is -0.405 e. The van der Waals surface area contributed by atoms with Crippen LogP contribution in [-0.4, -0.2) is 44.6 Å². The van der Waals surface area contributed by atoms with Gasteiger partial charge in [0.05, 0.1) is 5.69 Å². The summed E-state index contributed by atoms with van der Waals surface area (Å²) in [6.07, 6.45) is -1.40. The van der Waals surface area contributed by atoms with Crippen molar-refractivity contribution in [1.29, 1.82) is 0 Å². The van der Waals surface area contributed by atoms with Crippen LogP contribution >= 0.6 is 0 Å². The predicted molar refractivity (Wildman–Crippen MR) is 122 cm³/mol. The van der Waals surface area contributed by atoms with E-state index in [0.717, 1.165) is 11.6 Å². The van der Waals surface area contributed by atoms with Crippen molar-refractivity contribution in [3.63, 3.8) is 0 Å². The number of rotatable bonds is 8. The van der Waals surface area contributed by atoms with Crippen molar-refractivity contribution in [3.05, 3.63) is 84.7 Å². The highest BCUT2D eigenvalue weighted by Crippen LogP contribution is 2.34. The Morgan fingerprint density at radius 1 is 1.08 bits per heavy atom. The second-order valence-corrected chi connectivity index (χ2v) is 8.04. The van der Waals surface area contributed by atoms with Crippen LogP contribution in [0.2, 0.25) is 0 Å². The molecule has 0 radical (unpaired) electrons. The molecular formula is C25H21F3N4O4. The van der Waals surface area contributed by atoms with Gasteiger partial charge in [-0.2, -0.15) is 5.10 Å². The van der Waals surface area contributed by atoms with Crippen molar-refractivity contribution < 1.29 is 32.3 Å². The van der Waals surface area contributed by atoms with Crippen molar-refractivity contribution in [3.8, 4) is 17.0 Å². The molecule has 2 atom stereocenters. The number of carbonyl (C=O) groups is 3. The minimum atomic E-state index is -4.90. The highest BCUT2D eigenvalue weighted by Gasteiger charge is 2.38. The first-order valence-corrected chi connectivity index (χ1v) is 10.9. The number of nitrogens with two attached hydrogens (primary N) is 1. The van der Waals surface area contributed by atoms with Gasteiger partial charge in [0, 0.05) is 24.6 Å². The topological polar surface area (TPSA) is 108 Å². The molecule has 1 amide bonds. The molecule has 2 unspecified atom stereocenters. The Bertz CT molecular complexity index is 1300. The summed E-state index contributed by atoms with van der Waals surface area (Å²) in [4.78, 5) is 39.1. The smallest absolute Gasteiger partial charge is 0.405 e. The molecule has 36 heavy (non-hydrogen) atoms. The molecule has 11 heteroatoms. The highest BCUT2D eigenvalue weighted by atomic mass is 19.4. The van der Waals surface area contributed by atoms with Crippen molar-refractivity contribution in [1.82, 2.24) is 14.7 Å². The molecule has 8 nitrogen and oxygen atoms in total. The lowest BCUT2D eigenvalue weighted by Crippen LogP contribution is -2.51. The molecule has 4 rings (SSSR count). The fraction of sp³-hybridized carbons (Fsp3) is 0.200. The lowest BCUT2D eigenvalue weighted by Gasteiger charge is -2.37. The molecule has 0 fully saturated rings. The maximum atomic E-state index is 13.0. The number of aromatic nitrogens is 2. The molecule has 0 aliphatic carbocycles. The van der Waals surface area contributed by atoms with E-state index >= 15 is 0 Å². The number of ketones is 2. The van der Waals surface area contributed by atoms with E-state index in [1.807, 2.05) is 0 Å². The summed E-state index contributed by atoms with van der Waals surface area (Å²) in [5.41, 5.74) is 6.23.